The van der Waals surface area contributed by atoms with Crippen LogP contribution >= 0.6 is 11.3 Å². The predicted molar refractivity (Wildman–Crippen MR) is 99.4 cm³/mol. The number of rotatable bonds is 4. The maximum absolute atomic E-state index is 11.7. The number of hydrogen-bond acceptors (Lipinski definition) is 9. The van der Waals surface area contributed by atoms with Gasteiger partial charge in [-0.3, -0.25) is 10.1 Å². The van der Waals surface area contributed by atoms with Gasteiger partial charge < -0.3 is 15.0 Å². The number of nitro groups is 1. The molecule has 134 valence electrons. The first-order valence-corrected chi connectivity index (χ1v) is 8.90. The van der Waals surface area contributed by atoms with Gasteiger partial charge in [-0.15, -0.1) is 0 Å². The maximum atomic E-state index is 11.7. The number of aryl methyl sites for hydroxylation is 1. The molecule has 1 fully saturated rings. The Hall–Kier alpha value is -2.85. The SMILES string of the molecule is Cc1ccc2nc(Nc3ncnc(N4CCOCC4)c3[N+](=O)[O-])sc2c1. The van der Waals surface area contributed by atoms with Crippen molar-refractivity contribution in [2.24, 2.45) is 0 Å². The molecular formula is C16H16N6O3S. The third-order valence-corrected chi connectivity index (χ3v) is 5.00. The zero-order valence-electron chi connectivity index (χ0n) is 14.0. The summed E-state index contributed by atoms with van der Waals surface area (Å²) in [4.78, 5) is 25.8. The highest BCUT2D eigenvalue weighted by molar-refractivity contribution is 7.22. The molecule has 2 aromatic heterocycles. The number of nitrogens with zero attached hydrogens (tertiary/aromatic N) is 5. The molecule has 0 atom stereocenters. The van der Waals surface area contributed by atoms with Crippen LogP contribution in [0, 0.1) is 17.0 Å². The zero-order chi connectivity index (χ0) is 18.1. The van der Waals surface area contributed by atoms with Gasteiger partial charge in [0.2, 0.25) is 11.6 Å². The van der Waals surface area contributed by atoms with Crippen LogP contribution in [0.3, 0.4) is 0 Å². The van der Waals surface area contributed by atoms with E-state index in [1.54, 1.807) is 0 Å². The number of aromatic nitrogens is 3. The van der Waals surface area contributed by atoms with Gasteiger partial charge in [0, 0.05) is 13.1 Å². The fourth-order valence-electron chi connectivity index (χ4n) is 2.82. The second-order valence-corrected chi connectivity index (χ2v) is 6.90. The first-order chi connectivity index (χ1) is 12.6. The van der Waals surface area contributed by atoms with E-state index in [0.717, 1.165) is 15.8 Å². The maximum Gasteiger partial charge on any atom is 0.353 e. The Bertz CT molecular complexity index is 970. The highest BCUT2D eigenvalue weighted by Gasteiger charge is 2.28. The third kappa shape index (κ3) is 3.16. The molecule has 9 nitrogen and oxygen atoms in total. The average Bonchev–Trinajstić information content (AvgIpc) is 3.03. The molecule has 0 bridgehead atoms. The first-order valence-electron chi connectivity index (χ1n) is 8.08. The summed E-state index contributed by atoms with van der Waals surface area (Å²) in [5.41, 5.74) is 1.83. The Morgan fingerprint density at radius 2 is 2.12 bits per heavy atom. The average molecular weight is 372 g/mol. The molecule has 26 heavy (non-hydrogen) atoms. The van der Waals surface area contributed by atoms with Crippen LogP contribution in [-0.2, 0) is 4.74 Å². The fourth-order valence-corrected chi connectivity index (χ4v) is 3.79. The summed E-state index contributed by atoms with van der Waals surface area (Å²) in [5.74, 6) is 0.440. The van der Waals surface area contributed by atoms with E-state index >= 15 is 0 Å². The Kier molecular flexibility index (Phi) is 4.35. The van der Waals surface area contributed by atoms with Crippen molar-refractivity contribution in [3.63, 3.8) is 0 Å². The molecule has 10 heteroatoms. The highest BCUT2D eigenvalue weighted by Crippen LogP contribution is 2.36. The Balaban J connectivity index is 1.71. The van der Waals surface area contributed by atoms with Gasteiger partial charge in [-0.25, -0.2) is 15.0 Å². The van der Waals surface area contributed by atoms with Crippen molar-refractivity contribution in [2.45, 2.75) is 6.92 Å². The van der Waals surface area contributed by atoms with Crippen molar-refractivity contribution < 1.29 is 9.66 Å². The van der Waals surface area contributed by atoms with Crippen LogP contribution in [0.1, 0.15) is 5.56 Å². The van der Waals surface area contributed by atoms with Crippen molar-refractivity contribution in [3.05, 3.63) is 40.2 Å². The second-order valence-electron chi connectivity index (χ2n) is 5.87. The molecule has 4 rings (SSSR count). The molecule has 0 radical (unpaired) electrons. The normalized spacial score (nSPS) is 14.6. The summed E-state index contributed by atoms with van der Waals surface area (Å²) in [6.45, 7) is 4.15. The molecule has 0 unspecified atom stereocenters. The smallest absolute Gasteiger partial charge is 0.353 e. The summed E-state index contributed by atoms with van der Waals surface area (Å²) in [5, 5.41) is 15.3. The molecule has 3 heterocycles. The quantitative estimate of drug-likeness (QED) is 0.550. The van der Waals surface area contributed by atoms with Gasteiger partial charge in [0.25, 0.3) is 0 Å². The largest absolute Gasteiger partial charge is 0.378 e. The van der Waals surface area contributed by atoms with Gasteiger partial charge in [-0.1, -0.05) is 17.4 Å². The van der Waals surface area contributed by atoms with Crippen LogP contribution in [-0.4, -0.2) is 46.2 Å². The molecule has 0 aliphatic carbocycles. The van der Waals surface area contributed by atoms with Crippen molar-refractivity contribution in [1.82, 2.24) is 15.0 Å². The number of thiazole rings is 1. The van der Waals surface area contributed by atoms with Crippen molar-refractivity contribution in [1.29, 1.82) is 0 Å². The summed E-state index contributed by atoms with van der Waals surface area (Å²) in [7, 11) is 0. The molecule has 1 saturated heterocycles. The molecule has 0 saturated carbocycles. The number of fused-ring (bicyclic) bond motifs is 1. The Labute approximate surface area is 152 Å². The number of benzene rings is 1. The lowest BCUT2D eigenvalue weighted by Crippen LogP contribution is -2.37. The lowest BCUT2D eigenvalue weighted by atomic mass is 10.2. The minimum Gasteiger partial charge on any atom is -0.378 e. The van der Waals surface area contributed by atoms with Gasteiger partial charge in [0.15, 0.2) is 5.13 Å². The molecule has 3 aromatic rings. The van der Waals surface area contributed by atoms with Crippen LogP contribution < -0.4 is 10.2 Å². The zero-order valence-corrected chi connectivity index (χ0v) is 14.8. The molecule has 0 spiro atoms. The topological polar surface area (TPSA) is 106 Å². The van der Waals surface area contributed by atoms with E-state index in [1.165, 1.54) is 17.7 Å². The fraction of sp³-hybridized carbons (Fsp3) is 0.312. The number of hydrogen-bond donors (Lipinski definition) is 1. The Morgan fingerprint density at radius 1 is 1.31 bits per heavy atom. The number of nitrogens with one attached hydrogen (secondary N) is 1. The van der Waals surface area contributed by atoms with E-state index < -0.39 is 4.92 Å². The minimum absolute atomic E-state index is 0.141. The number of anilines is 3. The van der Waals surface area contributed by atoms with E-state index in [0.29, 0.717) is 37.3 Å². The van der Waals surface area contributed by atoms with Crippen LogP contribution in [0.25, 0.3) is 10.2 Å². The van der Waals surface area contributed by atoms with Gasteiger partial charge >= 0.3 is 5.69 Å². The minimum atomic E-state index is -0.454. The predicted octanol–water partition coefficient (Wildman–Crippen LogP) is 2.88. The van der Waals surface area contributed by atoms with Crippen LogP contribution in [0.2, 0.25) is 0 Å². The summed E-state index contributed by atoms with van der Waals surface area (Å²) < 4.78 is 6.32. The number of ether oxygens (including phenoxy) is 1. The van der Waals surface area contributed by atoms with Gasteiger partial charge in [0.05, 0.1) is 28.4 Å². The lowest BCUT2D eigenvalue weighted by Gasteiger charge is -2.27. The standard InChI is InChI=1S/C16H16N6O3S/c1-10-2-3-11-12(8-10)26-16(19-11)20-14-13(22(23)24)15(18-9-17-14)21-4-6-25-7-5-21/h2-3,8-9H,4-7H2,1H3,(H,17,18,19,20). The molecule has 1 N–H and O–H groups in total. The summed E-state index contributed by atoms with van der Waals surface area (Å²) in [6, 6.07) is 5.95. The monoisotopic (exact) mass is 372 g/mol. The van der Waals surface area contributed by atoms with E-state index in [9.17, 15) is 10.1 Å². The van der Waals surface area contributed by atoms with Gasteiger partial charge in [0.1, 0.15) is 6.33 Å². The number of morpholine rings is 1. The molecule has 0 amide bonds. The van der Waals surface area contributed by atoms with E-state index in [4.69, 9.17) is 4.74 Å². The Morgan fingerprint density at radius 3 is 2.88 bits per heavy atom. The lowest BCUT2D eigenvalue weighted by molar-refractivity contribution is -0.383. The molecule has 1 aromatic carbocycles. The molecule has 1 aliphatic heterocycles. The summed E-state index contributed by atoms with van der Waals surface area (Å²) >= 11 is 1.43. The van der Waals surface area contributed by atoms with Crippen molar-refractivity contribution in [3.8, 4) is 0 Å². The van der Waals surface area contributed by atoms with E-state index in [1.807, 2.05) is 30.0 Å². The first kappa shape index (κ1) is 16.6. The highest BCUT2D eigenvalue weighted by atomic mass is 32.1. The summed E-state index contributed by atoms with van der Waals surface area (Å²) in [6.07, 6.45) is 1.33. The molecule has 1 aliphatic rings. The van der Waals surface area contributed by atoms with Crippen LogP contribution in [0.15, 0.2) is 24.5 Å². The van der Waals surface area contributed by atoms with E-state index in [-0.39, 0.29) is 11.5 Å². The third-order valence-electron chi connectivity index (χ3n) is 4.07. The van der Waals surface area contributed by atoms with Gasteiger partial charge in [-0.2, -0.15) is 0 Å². The van der Waals surface area contributed by atoms with Crippen molar-refractivity contribution >= 4 is 44.0 Å². The van der Waals surface area contributed by atoms with E-state index in [2.05, 4.69) is 20.3 Å². The van der Waals surface area contributed by atoms with Crippen molar-refractivity contribution in [2.75, 3.05) is 36.5 Å². The van der Waals surface area contributed by atoms with Gasteiger partial charge in [-0.05, 0) is 24.6 Å². The molecular weight excluding hydrogens is 356 g/mol. The van der Waals surface area contributed by atoms with Crippen LogP contribution in [0.4, 0.5) is 22.5 Å². The second kappa shape index (κ2) is 6.81. The van der Waals surface area contributed by atoms with Crippen LogP contribution in [0.5, 0.6) is 0 Å².